The van der Waals surface area contributed by atoms with Crippen molar-refractivity contribution in [1.29, 1.82) is 0 Å². The standard InChI is InChI=1S/C27H37NO6S/c1-26(2,3)16-21(27(4,5)6)18-9-11-19(12-10-18)33-17-24(29)34-22-13-14-23(35(30,31)32)20-8-7-15-28-25(20)22/h7-12,14-15,21-22,24,29H,13,16-17H2,1-6H3,(H,30,31,32). The quantitative estimate of drug-likeness (QED) is 0.350. The van der Waals surface area contributed by atoms with E-state index in [1.807, 2.05) is 12.1 Å². The van der Waals surface area contributed by atoms with Crippen molar-refractivity contribution in [3.05, 3.63) is 65.5 Å². The maximum Gasteiger partial charge on any atom is 0.294 e. The van der Waals surface area contributed by atoms with Gasteiger partial charge >= 0.3 is 0 Å². The summed E-state index contributed by atoms with van der Waals surface area (Å²) in [6.45, 7) is 13.4. The summed E-state index contributed by atoms with van der Waals surface area (Å²) in [6.07, 6.45) is 2.18. The summed E-state index contributed by atoms with van der Waals surface area (Å²) < 4.78 is 44.3. The largest absolute Gasteiger partial charge is 0.488 e. The van der Waals surface area contributed by atoms with E-state index < -0.39 is 22.5 Å². The number of aromatic nitrogens is 1. The first-order valence-electron chi connectivity index (χ1n) is 11.8. The number of aliphatic hydroxyl groups is 1. The molecule has 0 aliphatic heterocycles. The van der Waals surface area contributed by atoms with Crippen LogP contribution in [0, 0.1) is 10.8 Å². The number of fused-ring (bicyclic) bond motifs is 1. The van der Waals surface area contributed by atoms with Crippen molar-refractivity contribution < 1.29 is 27.6 Å². The van der Waals surface area contributed by atoms with Crippen LogP contribution in [-0.4, -0.2) is 36.0 Å². The molecule has 0 spiro atoms. The molecule has 3 atom stereocenters. The molecule has 0 radical (unpaired) electrons. The number of ether oxygens (including phenoxy) is 2. The Labute approximate surface area is 209 Å². The molecule has 1 aliphatic carbocycles. The average Bonchev–Trinajstić information content (AvgIpc) is 2.74. The van der Waals surface area contributed by atoms with Crippen LogP contribution in [0.25, 0.3) is 4.91 Å². The Morgan fingerprint density at radius 2 is 1.74 bits per heavy atom. The SMILES string of the molecule is CC(C)(C)CC(c1ccc(OCC(O)OC2CC=C(S(=O)(=O)O)c3cccnc32)cc1)C(C)(C)C. The normalized spacial score (nSPS) is 18.4. The van der Waals surface area contributed by atoms with Gasteiger partial charge in [0.05, 0.1) is 10.6 Å². The summed E-state index contributed by atoms with van der Waals surface area (Å²) in [5, 5.41) is 10.4. The van der Waals surface area contributed by atoms with Crippen LogP contribution in [0.1, 0.15) is 83.2 Å². The second-order valence-corrected chi connectivity index (χ2v) is 12.7. The summed E-state index contributed by atoms with van der Waals surface area (Å²) in [4.78, 5) is 4.01. The van der Waals surface area contributed by atoms with E-state index in [2.05, 4.69) is 58.7 Å². The molecule has 2 N–H and O–H groups in total. The first kappa shape index (κ1) is 27.3. The van der Waals surface area contributed by atoms with E-state index in [0.29, 0.717) is 17.4 Å². The smallest absolute Gasteiger partial charge is 0.294 e. The van der Waals surface area contributed by atoms with Gasteiger partial charge in [0, 0.05) is 11.8 Å². The number of rotatable bonds is 8. The topological polar surface area (TPSA) is 106 Å². The number of nitrogens with zero attached hydrogens (tertiary/aromatic N) is 1. The first-order chi connectivity index (χ1) is 16.1. The highest BCUT2D eigenvalue weighted by Gasteiger charge is 2.31. The van der Waals surface area contributed by atoms with Crippen molar-refractivity contribution in [2.24, 2.45) is 10.8 Å². The molecule has 1 heterocycles. The molecule has 0 fully saturated rings. The monoisotopic (exact) mass is 503 g/mol. The fraction of sp³-hybridized carbons (Fsp3) is 0.519. The molecule has 1 aromatic carbocycles. The summed E-state index contributed by atoms with van der Waals surface area (Å²) in [7, 11) is -4.39. The van der Waals surface area contributed by atoms with Gasteiger partial charge in [0.15, 0.2) is 6.29 Å². The molecule has 0 saturated carbocycles. The number of hydrogen-bond acceptors (Lipinski definition) is 6. The van der Waals surface area contributed by atoms with Crippen molar-refractivity contribution in [1.82, 2.24) is 4.98 Å². The Kier molecular flexibility index (Phi) is 8.11. The van der Waals surface area contributed by atoms with Crippen LogP contribution < -0.4 is 4.74 Å². The van der Waals surface area contributed by atoms with E-state index in [1.54, 1.807) is 12.1 Å². The lowest BCUT2D eigenvalue weighted by atomic mass is 9.69. The second kappa shape index (κ2) is 10.4. The highest BCUT2D eigenvalue weighted by atomic mass is 32.2. The van der Waals surface area contributed by atoms with Crippen molar-refractivity contribution in [2.45, 2.75) is 72.7 Å². The minimum absolute atomic E-state index is 0.0996. The van der Waals surface area contributed by atoms with E-state index in [4.69, 9.17) is 9.47 Å². The lowest BCUT2D eigenvalue weighted by molar-refractivity contribution is -0.154. The van der Waals surface area contributed by atoms with Crippen LogP contribution in [0.15, 0.2) is 48.7 Å². The summed E-state index contributed by atoms with van der Waals surface area (Å²) in [6, 6.07) is 11.1. The molecule has 8 heteroatoms. The van der Waals surface area contributed by atoms with Gasteiger partial charge in [-0.3, -0.25) is 9.54 Å². The Bertz CT molecular complexity index is 1140. The van der Waals surface area contributed by atoms with Crippen molar-refractivity contribution in [2.75, 3.05) is 6.61 Å². The van der Waals surface area contributed by atoms with Gasteiger partial charge in [-0.05, 0) is 53.4 Å². The predicted molar refractivity (Wildman–Crippen MR) is 136 cm³/mol. The van der Waals surface area contributed by atoms with E-state index in [-0.39, 0.29) is 34.3 Å². The molecule has 2 aromatic rings. The lowest BCUT2D eigenvalue weighted by Gasteiger charge is -2.36. The minimum Gasteiger partial charge on any atom is -0.488 e. The fourth-order valence-corrected chi connectivity index (χ4v) is 5.17. The second-order valence-electron chi connectivity index (χ2n) is 11.4. The van der Waals surface area contributed by atoms with Crippen molar-refractivity contribution >= 4 is 15.0 Å². The lowest BCUT2D eigenvalue weighted by Crippen LogP contribution is -2.26. The zero-order valence-corrected chi connectivity index (χ0v) is 22.2. The molecule has 0 amide bonds. The van der Waals surface area contributed by atoms with Crippen LogP contribution in [0.5, 0.6) is 5.75 Å². The molecule has 0 bridgehead atoms. The van der Waals surface area contributed by atoms with Gasteiger partial charge in [-0.2, -0.15) is 8.42 Å². The molecule has 3 unspecified atom stereocenters. The highest BCUT2D eigenvalue weighted by Crippen LogP contribution is 2.43. The number of benzene rings is 1. The Morgan fingerprint density at radius 3 is 2.31 bits per heavy atom. The highest BCUT2D eigenvalue weighted by molar-refractivity contribution is 7.95. The van der Waals surface area contributed by atoms with Gasteiger partial charge in [0.25, 0.3) is 10.1 Å². The Morgan fingerprint density at radius 1 is 1.09 bits per heavy atom. The Balaban J connectivity index is 1.63. The van der Waals surface area contributed by atoms with Gasteiger partial charge in [-0.25, -0.2) is 0 Å². The predicted octanol–water partition coefficient (Wildman–Crippen LogP) is 5.74. The number of hydrogen-bond donors (Lipinski definition) is 2. The zero-order valence-electron chi connectivity index (χ0n) is 21.4. The number of aliphatic hydroxyl groups excluding tert-OH is 1. The van der Waals surface area contributed by atoms with Crippen LogP contribution in [0.2, 0.25) is 0 Å². The molecular formula is C27H37NO6S. The van der Waals surface area contributed by atoms with Crippen LogP contribution in [-0.2, 0) is 14.9 Å². The number of pyridine rings is 1. The van der Waals surface area contributed by atoms with E-state index in [9.17, 15) is 18.1 Å². The molecular weight excluding hydrogens is 466 g/mol. The van der Waals surface area contributed by atoms with Crippen LogP contribution in [0.3, 0.4) is 0 Å². The maximum absolute atomic E-state index is 11.7. The molecule has 35 heavy (non-hydrogen) atoms. The third-order valence-corrected chi connectivity index (χ3v) is 7.00. The molecule has 192 valence electrons. The maximum atomic E-state index is 11.7. The minimum atomic E-state index is -4.39. The summed E-state index contributed by atoms with van der Waals surface area (Å²) in [5.74, 6) is 1.01. The molecule has 3 rings (SSSR count). The average molecular weight is 504 g/mol. The van der Waals surface area contributed by atoms with Crippen LogP contribution in [0.4, 0.5) is 0 Å². The van der Waals surface area contributed by atoms with Gasteiger partial charge in [0.1, 0.15) is 18.5 Å². The fourth-order valence-electron chi connectivity index (χ4n) is 4.41. The van der Waals surface area contributed by atoms with Gasteiger partial charge in [-0.1, -0.05) is 65.8 Å². The molecule has 0 saturated heterocycles. The molecule has 1 aromatic heterocycles. The zero-order chi connectivity index (χ0) is 26.0. The summed E-state index contributed by atoms with van der Waals surface area (Å²) >= 11 is 0. The van der Waals surface area contributed by atoms with E-state index in [1.165, 1.54) is 17.8 Å². The van der Waals surface area contributed by atoms with E-state index in [0.717, 1.165) is 6.42 Å². The molecule has 7 nitrogen and oxygen atoms in total. The van der Waals surface area contributed by atoms with Gasteiger partial charge in [-0.15, -0.1) is 0 Å². The third-order valence-electron chi connectivity index (χ3n) is 6.06. The van der Waals surface area contributed by atoms with Gasteiger partial charge < -0.3 is 14.6 Å². The van der Waals surface area contributed by atoms with Crippen LogP contribution >= 0.6 is 0 Å². The third kappa shape index (κ3) is 7.36. The summed E-state index contributed by atoms with van der Waals surface area (Å²) in [5.41, 5.74) is 2.19. The van der Waals surface area contributed by atoms with Crippen molar-refractivity contribution in [3.8, 4) is 5.75 Å². The van der Waals surface area contributed by atoms with E-state index >= 15 is 0 Å². The molecule has 1 aliphatic rings. The van der Waals surface area contributed by atoms with Crippen molar-refractivity contribution in [3.63, 3.8) is 0 Å². The van der Waals surface area contributed by atoms with Gasteiger partial charge in [0.2, 0.25) is 0 Å². The first-order valence-corrected chi connectivity index (χ1v) is 13.3. The Hall–Kier alpha value is -2.26.